The van der Waals surface area contributed by atoms with Crippen LogP contribution in [0.5, 0.6) is 17.2 Å². The van der Waals surface area contributed by atoms with Crippen LogP contribution in [0.4, 0.5) is 8.78 Å². The lowest BCUT2D eigenvalue weighted by atomic mass is 9.97. The summed E-state index contributed by atoms with van der Waals surface area (Å²) in [5, 5.41) is 9.81. The zero-order valence-corrected chi connectivity index (χ0v) is 21.0. The maximum absolute atomic E-state index is 13.3. The SMILES string of the molecule is COc1cc(-c2cnc3cc(OCCCN4CC(C)(O)C4)ccn23)cc(OC(F)F)c1C(=O)CC1CC1. The second-order valence-electron chi connectivity index (χ2n) is 10.1. The maximum Gasteiger partial charge on any atom is 0.387 e. The Morgan fingerprint density at radius 3 is 2.68 bits per heavy atom. The second kappa shape index (κ2) is 10.3. The van der Waals surface area contributed by atoms with Crippen molar-refractivity contribution in [2.24, 2.45) is 5.92 Å². The molecule has 0 bridgehead atoms. The van der Waals surface area contributed by atoms with E-state index in [0.717, 1.165) is 25.8 Å². The van der Waals surface area contributed by atoms with Gasteiger partial charge < -0.3 is 19.3 Å². The smallest absolute Gasteiger partial charge is 0.387 e. The fraction of sp³-hybridized carbons (Fsp3) is 0.481. The molecule has 0 spiro atoms. The molecule has 0 atom stereocenters. The number of hydrogen-bond acceptors (Lipinski definition) is 7. The van der Waals surface area contributed by atoms with Crippen molar-refractivity contribution < 1.29 is 32.9 Å². The van der Waals surface area contributed by atoms with E-state index in [0.29, 0.717) is 48.3 Å². The van der Waals surface area contributed by atoms with Crippen molar-refractivity contribution in [3.8, 4) is 28.5 Å². The van der Waals surface area contributed by atoms with Crippen molar-refractivity contribution in [2.75, 3.05) is 33.4 Å². The number of hydrogen-bond donors (Lipinski definition) is 1. The van der Waals surface area contributed by atoms with E-state index in [1.54, 1.807) is 24.5 Å². The van der Waals surface area contributed by atoms with Crippen LogP contribution in [0.3, 0.4) is 0 Å². The summed E-state index contributed by atoms with van der Waals surface area (Å²) < 4.78 is 44.4. The van der Waals surface area contributed by atoms with Crippen LogP contribution in [0, 0.1) is 5.92 Å². The summed E-state index contributed by atoms with van der Waals surface area (Å²) in [5.74, 6) is 0.686. The van der Waals surface area contributed by atoms with Crippen molar-refractivity contribution in [1.29, 1.82) is 0 Å². The molecule has 1 saturated carbocycles. The van der Waals surface area contributed by atoms with Gasteiger partial charge in [0.2, 0.25) is 0 Å². The summed E-state index contributed by atoms with van der Waals surface area (Å²) in [6.07, 6.45) is 6.47. The van der Waals surface area contributed by atoms with E-state index < -0.39 is 12.2 Å². The summed E-state index contributed by atoms with van der Waals surface area (Å²) in [5.41, 5.74) is 1.25. The molecule has 2 aliphatic rings. The predicted molar refractivity (Wildman–Crippen MR) is 133 cm³/mol. The molecular formula is C27H31F2N3O5. The lowest BCUT2D eigenvalue weighted by Crippen LogP contribution is -2.59. The van der Waals surface area contributed by atoms with Crippen molar-refractivity contribution in [2.45, 2.75) is 44.8 Å². The fourth-order valence-corrected chi connectivity index (χ4v) is 4.87. The van der Waals surface area contributed by atoms with Gasteiger partial charge in [-0.2, -0.15) is 8.78 Å². The number of carbonyl (C=O) groups excluding carboxylic acids is 1. The summed E-state index contributed by atoms with van der Waals surface area (Å²) in [7, 11) is 1.40. The molecule has 8 nitrogen and oxygen atoms in total. The Labute approximate surface area is 213 Å². The first-order valence-corrected chi connectivity index (χ1v) is 12.5. The standard InChI is InChI=1S/C27H31F2N3O5/c1-27(34)15-31(16-27)7-3-9-36-19-6-8-32-20(14-30-24(32)13-19)18-11-22(35-2)25(21(33)10-17-4-5-17)23(12-18)37-26(28)29/h6,8,11-14,17,26,34H,3-5,7,9-10,15-16H2,1-2H3. The summed E-state index contributed by atoms with van der Waals surface area (Å²) in [4.78, 5) is 19.5. The first-order valence-electron chi connectivity index (χ1n) is 12.5. The lowest BCUT2D eigenvalue weighted by Gasteiger charge is -2.44. The molecule has 2 fully saturated rings. The number of aromatic nitrogens is 2. The van der Waals surface area contributed by atoms with Gasteiger partial charge >= 0.3 is 6.61 Å². The number of rotatable bonds is 12. The molecule has 0 amide bonds. The van der Waals surface area contributed by atoms with E-state index in [-0.39, 0.29) is 29.3 Å². The Morgan fingerprint density at radius 1 is 1.24 bits per heavy atom. The van der Waals surface area contributed by atoms with E-state index in [9.17, 15) is 18.7 Å². The van der Waals surface area contributed by atoms with Gasteiger partial charge in [-0.3, -0.25) is 14.1 Å². The topological polar surface area (TPSA) is 85.5 Å². The minimum absolute atomic E-state index is 0.0461. The van der Waals surface area contributed by atoms with Crippen LogP contribution in [-0.4, -0.2) is 70.7 Å². The van der Waals surface area contributed by atoms with Gasteiger partial charge in [0.25, 0.3) is 0 Å². The molecule has 3 aromatic rings. The molecule has 2 aromatic heterocycles. The second-order valence-corrected chi connectivity index (χ2v) is 10.1. The van der Waals surface area contributed by atoms with Crippen molar-refractivity contribution in [3.63, 3.8) is 0 Å². The number of carbonyl (C=O) groups is 1. The quantitative estimate of drug-likeness (QED) is 0.282. The summed E-state index contributed by atoms with van der Waals surface area (Å²) in [6, 6.07) is 6.71. The average Bonchev–Trinajstić information content (AvgIpc) is 3.54. The molecule has 37 heavy (non-hydrogen) atoms. The average molecular weight is 516 g/mol. The third kappa shape index (κ3) is 5.86. The number of aliphatic hydroxyl groups is 1. The highest BCUT2D eigenvalue weighted by molar-refractivity contribution is 6.02. The Bertz CT molecular complexity index is 1280. The van der Waals surface area contributed by atoms with Gasteiger partial charge in [-0.15, -0.1) is 0 Å². The Hall–Kier alpha value is -3.24. The first-order chi connectivity index (χ1) is 17.7. The van der Waals surface area contributed by atoms with E-state index in [4.69, 9.17) is 14.2 Å². The van der Waals surface area contributed by atoms with Crippen LogP contribution in [0.25, 0.3) is 16.9 Å². The number of benzene rings is 1. The van der Waals surface area contributed by atoms with Crippen LogP contribution in [0.2, 0.25) is 0 Å². The molecule has 3 heterocycles. The van der Waals surface area contributed by atoms with Crippen LogP contribution < -0.4 is 14.2 Å². The number of imidazole rings is 1. The number of nitrogens with zero attached hydrogens (tertiary/aromatic N) is 3. The Morgan fingerprint density at radius 2 is 2.00 bits per heavy atom. The molecule has 198 valence electrons. The number of ketones is 1. The van der Waals surface area contributed by atoms with Crippen LogP contribution in [-0.2, 0) is 0 Å². The third-order valence-electron chi connectivity index (χ3n) is 6.75. The number of ether oxygens (including phenoxy) is 3. The minimum atomic E-state index is -3.08. The molecule has 10 heteroatoms. The highest BCUT2D eigenvalue weighted by Crippen LogP contribution is 2.40. The number of likely N-dealkylation sites (tertiary alicyclic amines) is 1. The molecular weight excluding hydrogens is 484 g/mol. The normalized spacial score (nSPS) is 17.1. The molecule has 5 rings (SSSR count). The number of Topliss-reactive ketones (excluding diaryl/α,β-unsaturated/α-hetero) is 1. The van der Waals surface area contributed by atoms with E-state index in [1.165, 1.54) is 13.2 Å². The van der Waals surface area contributed by atoms with Gasteiger partial charge in [0.15, 0.2) is 5.78 Å². The molecule has 1 N–H and O–H groups in total. The van der Waals surface area contributed by atoms with Crippen LogP contribution in [0.15, 0.2) is 36.7 Å². The highest BCUT2D eigenvalue weighted by atomic mass is 19.3. The first kappa shape index (κ1) is 25.4. The maximum atomic E-state index is 13.3. The van der Waals surface area contributed by atoms with Crippen molar-refractivity contribution in [1.82, 2.24) is 14.3 Å². The molecule has 1 aromatic carbocycles. The zero-order chi connectivity index (χ0) is 26.2. The Balaban J connectivity index is 1.34. The largest absolute Gasteiger partial charge is 0.496 e. The molecule has 1 aliphatic carbocycles. The fourth-order valence-electron chi connectivity index (χ4n) is 4.87. The molecule has 0 radical (unpaired) electrons. The number of pyridine rings is 1. The molecule has 0 unspecified atom stereocenters. The number of halogens is 2. The van der Waals surface area contributed by atoms with Crippen LogP contribution >= 0.6 is 0 Å². The van der Waals surface area contributed by atoms with Crippen molar-refractivity contribution in [3.05, 3.63) is 42.2 Å². The molecule has 1 saturated heterocycles. The number of methoxy groups -OCH3 is 1. The van der Waals surface area contributed by atoms with Crippen LogP contribution in [0.1, 0.15) is 43.0 Å². The highest BCUT2D eigenvalue weighted by Gasteiger charge is 2.35. The van der Waals surface area contributed by atoms with Gasteiger partial charge in [-0.05, 0) is 50.3 Å². The summed E-state index contributed by atoms with van der Waals surface area (Å²) in [6.45, 7) is 1.50. The van der Waals surface area contributed by atoms with E-state index in [1.807, 2.05) is 17.4 Å². The zero-order valence-electron chi connectivity index (χ0n) is 21.0. The minimum Gasteiger partial charge on any atom is -0.496 e. The van der Waals surface area contributed by atoms with Gasteiger partial charge in [-0.1, -0.05) is 0 Å². The van der Waals surface area contributed by atoms with Gasteiger partial charge in [0.1, 0.15) is 28.5 Å². The number of fused-ring (bicyclic) bond motifs is 1. The van der Waals surface area contributed by atoms with E-state index in [2.05, 4.69) is 9.88 Å². The lowest BCUT2D eigenvalue weighted by molar-refractivity contribution is -0.0840. The summed E-state index contributed by atoms with van der Waals surface area (Å²) >= 11 is 0. The van der Waals surface area contributed by atoms with E-state index >= 15 is 0 Å². The predicted octanol–water partition coefficient (Wildman–Crippen LogP) is 4.43. The van der Waals surface area contributed by atoms with Crippen molar-refractivity contribution >= 4 is 11.4 Å². The molecule has 1 aliphatic heterocycles. The van der Waals surface area contributed by atoms with Gasteiger partial charge in [0, 0.05) is 43.9 Å². The third-order valence-corrected chi connectivity index (χ3v) is 6.75. The van der Waals surface area contributed by atoms with Gasteiger partial charge in [0.05, 0.1) is 31.2 Å². The number of β-amino-alcohol motifs (C(OH)–C–C–N with tert-alkyl or cyclic N) is 1. The number of alkyl halides is 2. The Kier molecular flexibility index (Phi) is 7.04. The monoisotopic (exact) mass is 515 g/mol. The van der Waals surface area contributed by atoms with Gasteiger partial charge in [-0.25, -0.2) is 4.98 Å².